The topological polar surface area (TPSA) is 95.9 Å². The third-order valence-electron chi connectivity index (χ3n) is 3.68. The van der Waals surface area contributed by atoms with Gasteiger partial charge in [-0.3, -0.25) is 0 Å². The third-order valence-corrected chi connectivity index (χ3v) is 5.72. The smallest absolute Gasteiger partial charge is 0.340 e. The Morgan fingerprint density at radius 3 is 2.59 bits per heavy atom. The molecule has 0 aliphatic carbocycles. The predicted molar refractivity (Wildman–Crippen MR) is 103 cm³/mol. The van der Waals surface area contributed by atoms with Gasteiger partial charge in [0, 0.05) is 31.4 Å². The minimum atomic E-state index is -3.71. The summed E-state index contributed by atoms with van der Waals surface area (Å²) in [5, 5.41) is 12.4. The molecule has 2 aromatic rings. The van der Waals surface area contributed by atoms with E-state index in [0.29, 0.717) is 16.3 Å². The number of benzene rings is 2. The predicted octanol–water partition coefficient (Wildman–Crippen LogP) is 2.35. The molecule has 2 rings (SSSR count). The van der Waals surface area contributed by atoms with E-state index < -0.39 is 16.0 Å². The summed E-state index contributed by atoms with van der Waals surface area (Å²) in [6, 6.07) is 11.0. The summed E-state index contributed by atoms with van der Waals surface area (Å²) in [7, 11) is -0.898. The zero-order valence-corrected chi connectivity index (χ0v) is 16.5. The highest BCUT2D eigenvalue weighted by atomic mass is 35.5. The first-order valence-electron chi connectivity index (χ1n) is 8.08. The number of halogens is 1. The molecule has 7 nitrogen and oxygen atoms in total. The van der Waals surface area contributed by atoms with Crippen LogP contribution < -0.4 is 5.32 Å². The number of aliphatic hydroxyl groups excluding tert-OH is 1. The fourth-order valence-corrected chi connectivity index (χ4v) is 3.40. The van der Waals surface area contributed by atoms with Crippen LogP contribution in [0.3, 0.4) is 0 Å². The Morgan fingerprint density at radius 1 is 1.22 bits per heavy atom. The van der Waals surface area contributed by atoms with E-state index in [4.69, 9.17) is 21.4 Å². The van der Waals surface area contributed by atoms with E-state index in [9.17, 15) is 13.2 Å². The van der Waals surface area contributed by atoms with Crippen molar-refractivity contribution in [3.05, 3.63) is 58.6 Å². The van der Waals surface area contributed by atoms with E-state index in [-0.39, 0.29) is 30.2 Å². The Balaban J connectivity index is 2.31. The molecule has 2 aromatic carbocycles. The van der Waals surface area contributed by atoms with Crippen molar-refractivity contribution in [2.45, 2.75) is 11.5 Å². The first-order chi connectivity index (χ1) is 12.8. The second kappa shape index (κ2) is 9.18. The number of anilines is 1. The second-order valence-corrected chi connectivity index (χ2v) is 8.44. The van der Waals surface area contributed by atoms with Gasteiger partial charge in [-0.1, -0.05) is 23.7 Å². The van der Waals surface area contributed by atoms with Gasteiger partial charge in [-0.15, -0.1) is 0 Å². The lowest BCUT2D eigenvalue weighted by atomic mass is 10.1. The van der Waals surface area contributed by atoms with Crippen molar-refractivity contribution in [1.82, 2.24) is 4.31 Å². The first-order valence-corrected chi connectivity index (χ1v) is 9.90. The molecule has 0 aliphatic rings. The zero-order chi connectivity index (χ0) is 20.0. The van der Waals surface area contributed by atoms with Gasteiger partial charge >= 0.3 is 5.97 Å². The molecule has 0 saturated heterocycles. The molecule has 0 heterocycles. The Hall–Kier alpha value is -2.13. The molecule has 0 radical (unpaired) electrons. The van der Waals surface area contributed by atoms with Crippen molar-refractivity contribution in [2.24, 2.45) is 0 Å². The average molecular weight is 413 g/mol. The van der Waals surface area contributed by atoms with Gasteiger partial charge in [0.15, 0.2) is 0 Å². The van der Waals surface area contributed by atoms with Gasteiger partial charge in [-0.2, -0.15) is 0 Å². The van der Waals surface area contributed by atoms with Crippen LogP contribution in [0.4, 0.5) is 5.69 Å². The van der Waals surface area contributed by atoms with Crippen molar-refractivity contribution >= 4 is 33.3 Å². The van der Waals surface area contributed by atoms with Crippen LogP contribution in [0.25, 0.3) is 0 Å². The summed E-state index contributed by atoms with van der Waals surface area (Å²) < 4.78 is 31.1. The van der Waals surface area contributed by atoms with Crippen LogP contribution in [0, 0.1) is 0 Å². The Bertz CT molecular complexity index is 916. The molecular formula is C18H21ClN2O5S. The summed E-state index contributed by atoms with van der Waals surface area (Å²) in [6.07, 6.45) is 0. The van der Waals surface area contributed by atoms with Gasteiger partial charge in [-0.05, 0) is 35.9 Å². The number of ether oxygens (including phenoxy) is 1. The summed E-state index contributed by atoms with van der Waals surface area (Å²) in [6.45, 7) is 0.0482. The molecule has 0 fully saturated rings. The fraction of sp³-hybridized carbons (Fsp3) is 0.278. The molecule has 27 heavy (non-hydrogen) atoms. The molecule has 2 N–H and O–H groups in total. The maximum absolute atomic E-state index is 12.6. The lowest BCUT2D eigenvalue weighted by molar-refractivity contribution is 0.0473. The maximum Gasteiger partial charge on any atom is 0.340 e. The molecule has 0 atom stereocenters. The lowest BCUT2D eigenvalue weighted by Crippen LogP contribution is -2.23. The van der Waals surface area contributed by atoms with Crippen LogP contribution in [-0.4, -0.2) is 51.0 Å². The van der Waals surface area contributed by atoms with Crippen molar-refractivity contribution in [1.29, 1.82) is 0 Å². The number of carbonyl (C=O) groups is 1. The molecule has 0 bridgehead atoms. The number of carbonyl (C=O) groups excluding carboxylic acids is 1. The maximum atomic E-state index is 12.6. The monoisotopic (exact) mass is 412 g/mol. The molecule has 0 saturated carbocycles. The normalized spacial score (nSPS) is 11.4. The molecule has 0 aromatic heterocycles. The fourth-order valence-electron chi connectivity index (χ4n) is 2.26. The SMILES string of the molecule is CN(C)S(=O)(=O)c1ccc(NCCO)c(C(=O)OCc2cccc(Cl)c2)c1. The van der Waals surface area contributed by atoms with Gasteiger partial charge in [0.1, 0.15) is 6.61 Å². The number of rotatable bonds is 8. The van der Waals surface area contributed by atoms with Crippen molar-refractivity contribution < 1.29 is 23.1 Å². The van der Waals surface area contributed by atoms with Crippen molar-refractivity contribution in [2.75, 3.05) is 32.6 Å². The second-order valence-electron chi connectivity index (χ2n) is 5.85. The number of nitrogens with zero attached hydrogens (tertiary/aromatic N) is 1. The van der Waals surface area contributed by atoms with E-state index in [1.54, 1.807) is 24.3 Å². The number of aliphatic hydroxyl groups is 1. The number of sulfonamides is 1. The number of hydrogen-bond acceptors (Lipinski definition) is 6. The quantitative estimate of drug-likeness (QED) is 0.646. The van der Waals surface area contributed by atoms with E-state index >= 15 is 0 Å². The standard InChI is InChI=1S/C18H21ClN2O5S/c1-21(2)27(24,25)15-6-7-17(20-8-9-22)16(11-15)18(23)26-12-13-4-3-5-14(19)10-13/h3-7,10-11,20,22H,8-9,12H2,1-2H3. The van der Waals surface area contributed by atoms with E-state index in [0.717, 1.165) is 4.31 Å². The summed E-state index contributed by atoms with van der Waals surface area (Å²) in [5.41, 5.74) is 1.14. The molecule has 0 amide bonds. The van der Waals surface area contributed by atoms with Gasteiger partial charge in [0.05, 0.1) is 17.1 Å². The van der Waals surface area contributed by atoms with E-state index in [1.165, 1.54) is 32.3 Å². The molecule has 9 heteroatoms. The highest BCUT2D eigenvalue weighted by Gasteiger charge is 2.22. The minimum absolute atomic E-state index is 0.0104. The molecule has 0 spiro atoms. The van der Waals surface area contributed by atoms with Crippen LogP contribution in [0.15, 0.2) is 47.4 Å². The average Bonchev–Trinajstić information content (AvgIpc) is 2.64. The van der Waals surface area contributed by atoms with Crippen LogP contribution in [0.2, 0.25) is 5.02 Å². The summed E-state index contributed by atoms with van der Waals surface area (Å²) in [5.74, 6) is -0.689. The Kier molecular flexibility index (Phi) is 7.20. The molecular weight excluding hydrogens is 392 g/mol. The zero-order valence-electron chi connectivity index (χ0n) is 15.0. The Labute approximate surface area is 163 Å². The number of nitrogens with one attached hydrogen (secondary N) is 1. The highest BCUT2D eigenvalue weighted by Crippen LogP contribution is 2.23. The van der Waals surface area contributed by atoms with E-state index in [2.05, 4.69) is 5.32 Å². The summed E-state index contributed by atoms with van der Waals surface area (Å²) in [4.78, 5) is 12.5. The van der Waals surface area contributed by atoms with Crippen molar-refractivity contribution in [3.8, 4) is 0 Å². The summed E-state index contributed by atoms with van der Waals surface area (Å²) >= 11 is 5.91. The van der Waals surface area contributed by atoms with Crippen LogP contribution in [-0.2, 0) is 21.4 Å². The highest BCUT2D eigenvalue weighted by molar-refractivity contribution is 7.89. The van der Waals surface area contributed by atoms with Gasteiger partial charge in [-0.25, -0.2) is 17.5 Å². The first kappa shape index (κ1) is 21.2. The van der Waals surface area contributed by atoms with Crippen LogP contribution in [0.1, 0.15) is 15.9 Å². The van der Waals surface area contributed by atoms with Crippen LogP contribution in [0.5, 0.6) is 0 Å². The van der Waals surface area contributed by atoms with Gasteiger partial charge in [0.2, 0.25) is 10.0 Å². The molecule has 0 aliphatic heterocycles. The molecule has 146 valence electrons. The number of hydrogen-bond donors (Lipinski definition) is 2. The van der Waals surface area contributed by atoms with E-state index in [1.807, 2.05) is 0 Å². The minimum Gasteiger partial charge on any atom is -0.457 e. The van der Waals surface area contributed by atoms with Crippen molar-refractivity contribution in [3.63, 3.8) is 0 Å². The number of esters is 1. The Morgan fingerprint density at radius 2 is 1.96 bits per heavy atom. The molecule has 0 unspecified atom stereocenters. The third kappa shape index (κ3) is 5.43. The van der Waals surface area contributed by atoms with Gasteiger partial charge < -0.3 is 15.2 Å². The lowest BCUT2D eigenvalue weighted by Gasteiger charge is -2.15. The largest absolute Gasteiger partial charge is 0.457 e. The van der Waals surface area contributed by atoms with Crippen LogP contribution >= 0.6 is 11.6 Å². The van der Waals surface area contributed by atoms with Gasteiger partial charge in [0.25, 0.3) is 0 Å².